The summed E-state index contributed by atoms with van der Waals surface area (Å²) in [5, 5.41) is 21.4. The topological polar surface area (TPSA) is 102 Å². The van der Waals surface area contributed by atoms with Crippen LogP contribution in [0.5, 0.6) is 0 Å². The van der Waals surface area contributed by atoms with Crippen LogP contribution in [0.1, 0.15) is 17.3 Å². The average molecular weight is 420 g/mol. The molecular weight excluding hydrogens is 408 g/mol. The highest BCUT2D eigenvalue weighted by Crippen LogP contribution is 2.30. The highest BCUT2D eigenvalue weighted by Gasteiger charge is 2.26. The molecule has 112 valence electrons. The maximum Gasteiger partial charge on any atom is 0.328 e. The van der Waals surface area contributed by atoms with E-state index in [1.54, 1.807) is 12.1 Å². The maximum absolute atomic E-state index is 12.2. The van der Waals surface area contributed by atoms with Crippen molar-refractivity contribution in [2.45, 2.75) is 19.1 Å². The Morgan fingerprint density at radius 3 is 2.48 bits per heavy atom. The normalized spacial score (nSPS) is 13.9. The second-order valence-corrected chi connectivity index (χ2v) is 6.25. The Balaban J connectivity index is 2.36. The molecule has 0 aliphatic rings. The molecule has 8 heteroatoms. The van der Waals surface area contributed by atoms with E-state index in [1.165, 1.54) is 13.1 Å². The van der Waals surface area contributed by atoms with Crippen molar-refractivity contribution in [1.29, 1.82) is 0 Å². The van der Waals surface area contributed by atoms with Crippen LogP contribution in [-0.2, 0) is 4.79 Å². The van der Waals surface area contributed by atoms with Gasteiger partial charge in [-0.3, -0.25) is 4.79 Å². The largest absolute Gasteiger partial charge is 0.480 e. The molecule has 0 aliphatic heterocycles. The summed E-state index contributed by atoms with van der Waals surface area (Å²) in [6.07, 6.45) is 0.303. The van der Waals surface area contributed by atoms with Crippen molar-refractivity contribution in [2.75, 3.05) is 0 Å². The van der Waals surface area contributed by atoms with Crippen LogP contribution in [0.2, 0.25) is 0 Å². The molecule has 0 fully saturated rings. The van der Waals surface area contributed by atoms with E-state index in [0.29, 0.717) is 10.9 Å². The van der Waals surface area contributed by atoms with Crippen molar-refractivity contribution in [1.82, 2.24) is 10.3 Å². The van der Waals surface area contributed by atoms with Gasteiger partial charge in [-0.1, -0.05) is 0 Å². The number of carboxylic acid groups (broad SMARTS) is 1. The number of nitrogens with one attached hydrogen (secondary N) is 2. The second-order valence-electron chi connectivity index (χ2n) is 4.54. The number of rotatable bonds is 4. The van der Waals surface area contributed by atoms with Gasteiger partial charge in [-0.05, 0) is 50.9 Å². The van der Waals surface area contributed by atoms with Crippen LogP contribution >= 0.6 is 31.9 Å². The molecule has 0 saturated heterocycles. The van der Waals surface area contributed by atoms with E-state index in [9.17, 15) is 14.7 Å². The zero-order valence-electron chi connectivity index (χ0n) is 10.9. The van der Waals surface area contributed by atoms with E-state index in [4.69, 9.17) is 5.11 Å². The molecular formula is C13H12Br2N2O4. The third-order valence-electron chi connectivity index (χ3n) is 3.00. The molecule has 0 bridgehead atoms. The van der Waals surface area contributed by atoms with Gasteiger partial charge in [0.2, 0.25) is 0 Å². The molecule has 2 atom stereocenters. The van der Waals surface area contributed by atoms with Crippen molar-refractivity contribution in [3.05, 3.63) is 32.8 Å². The Morgan fingerprint density at radius 1 is 1.29 bits per heavy atom. The Morgan fingerprint density at radius 2 is 1.90 bits per heavy atom. The monoisotopic (exact) mass is 418 g/mol. The van der Waals surface area contributed by atoms with Gasteiger partial charge in [0.1, 0.15) is 0 Å². The molecule has 1 heterocycles. The molecule has 2 unspecified atom stereocenters. The molecule has 0 radical (unpaired) electrons. The maximum atomic E-state index is 12.2. The van der Waals surface area contributed by atoms with E-state index in [1.807, 2.05) is 0 Å². The van der Waals surface area contributed by atoms with E-state index in [0.717, 1.165) is 14.5 Å². The number of benzene rings is 1. The summed E-state index contributed by atoms with van der Waals surface area (Å²) < 4.78 is 1.60. The molecule has 6 nitrogen and oxygen atoms in total. The molecule has 21 heavy (non-hydrogen) atoms. The zero-order chi connectivity index (χ0) is 15.7. The fraction of sp³-hybridized carbons (Fsp3) is 0.231. The highest BCUT2D eigenvalue weighted by molar-refractivity contribution is 9.13. The predicted octanol–water partition coefficient (Wildman–Crippen LogP) is 2.26. The molecule has 2 aromatic rings. The first kappa shape index (κ1) is 16.0. The number of aliphatic hydroxyl groups is 1. The van der Waals surface area contributed by atoms with Gasteiger partial charge in [-0.15, -0.1) is 0 Å². The minimum Gasteiger partial charge on any atom is -0.480 e. The minimum absolute atomic E-state index is 0.310. The van der Waals surface area contributed by atoms with Crippen LogP contribution in [0.15, 0.2) is 27.3 Å². The number of aromatic nitrogens is 1. The summed E-state index contributed by atoms with van der Waals surface area (Å²) in [6, 6.07) is 2.20. The van der Waals surface area contributed by atoms with Crippen LogP contribution in [-0.4, -0.2) is 39.2 Å². The molecule has 4 N–H and O–H groups in total. The first-order chi connectivity index (χ1) is 9.81. The third kappa shape index (κ3) is 3.28. The Hall–Kier alpha value is -1.38. The average Bonchev–Trinajstić information content (AvgIpc) is 2.78. The van der Waals surface area contributed by atoms with Crippen LogP contribution in [0.25, 0.3) is 10.9 Å². The van der Waals surface area contributed by atoms with E-state index < -0.39 is 24.0 Å². The number of aromatic amines is 1. The zero-order valence-corrected chi connectivity index (χ0v) is 14.0. The van der Waals surface area contributed by atoms with Crippen LogP contribution in [0.4, 0.5) is 0 Å². The number of hydrogen-bond donors (Lipinski definition) is 4. The lowest BCUT2D eigenvalue weighted by Crippen LogP contribution is -2.47. The third-order valence-corrected chi connectivity index (χ3v) is 4.85. The van der Waals surface area contributed by atoms with Crippen LogP contribution in [0.3, 0.4) is 0 Å². The number of fused-ring (bicyclic) bond motifs is 1. The lowest BCUT2D eigenvalue weighted by Gasteiger charge is -2.16. The number of H-pyrrole nitrogens is 1. The summed E-state index contributed by atoms with van der Waals surface area (Å²) in [5.41, 5.74) is 1.05. The molecule has 2 rings (SSSR count). The van der Waals surface area contributed by atoms with Gasteiger partial charge in [0.25, 0.3) is 5.91 Å². The number of carbonyl (C=O) groups is 2. The molecule has 1 aromatic carbocycles. The number of halogens is 2. The number of carboxylic acids is 1. The quantitative estimate of drug-likeness (QED) is 0.610. The van der Waals surface area contributed by atoms with Gasteiger partial charge < -0.3 is 20.5 Å². The number of aliphatic carboxylic acids is 1. The van der Waals surface area contributed by atoms with Gasteiger partial charge in [0.05, 0.1) is 11.7 Å². The Labute approximate surface area is 136 Å². The van der Waals surface area contributed by atoms with Crippen molar-refractivity contribution >= 4 is 54.6 Å². The number of aliphatic hydroxyl groups excluding tert-OH is 1. The summed E-state index contributed by atoms with van der Waals surface area (Å²) in [7, 11) is 0. The summed E-state index contributed by atoms with van der Waals surface area (Å²) in [4.78, 5) is 26.2. The summed E-state index contributed by atoms with van der Waals surface area (Å²) >= 11 is 6.72. The van der Waals surface area contributed by atoms with Crippen molar-refractivity contribution in [2.24, 2.45) is 0 Å². The standard InChI is InChI=1S/C13H12Br2N2O4/c1-5(18)11(13(20)21)17-12(19)7-4-16-10-3-9(15)8(14)2-6(7)10/h2-5,11,16,18H,1H3,(H,17,19)(H,20,21). The van der Waals surface area contributed by atoms with Crippen molar-refractivity contribution < 1.29 is 19.8 Å². The van der Waals surface area contributed by atoms with Gasteiger partial charge in [0.15, 0.2) is 6.04 Å². The van der Waals surface area contributed by atoms with Gasteiger partial charge in [0, 0.05) is 26.0 Å². The second kappa shape index (κ2) is 6.17. The number of amides is 1. The van der Waals surface area contributed by atoms with E-state index in [-0.39, 0.29) is 0 Å². The SMILES string of the molecule is CC(O)C(NC(=O)c1c[nH]c2cc(Br)c(Br)cc12)C(=O)O. The molecule has 0 aliphatic carbocycles. The lowest BCUT2D eigenvalue weighted by molar-refractivity contribution is -0.141. The molecule has 1 amide bonds. The van der Waals surface area contributed by atoms with E-state index >= 15 is 0 Å². The van der Waals surface area contributed by atoms with Gasteiger partial charge >= 0.3 is 5.97 Å². The summed E-state index contributed by atoms with van der Waals surface area (Å²) in [5.74, 6) is -1.86. The lowest BCUT2D eigenvalue weighted by atomic mass is 10.1. The number of carbonyl (C=O) groups excluding carboxylic acids is 1. The minimum atomic E-state index is -1.36. The van der Waals surface area contributed by atoms with Gasteiger partial charge in [-0.25, -0.2) is 4.79 Å². The predicted molar refractivity (Wildman–Crippen MR) is 84.3 cm³/mol. The van der Waals surface area contributed by atoms with Crippen LogP contribution < -0.4 is 5.32 Å². The first-order valence-electron chi connectivity index (χ1n) is 5.99. The fourth-order valence-electron chi connectivity index (χ4n) is 1.91. The van der Waals surface area contributed by atoms with Crippen molar-refractivity contribution in [3.8, 4) is 0 Å². The highest BCUT2D eigenvalue weighted by atomic mass is 79.9. The fourth-order valence-corrected chi connectivity index (χ4v) is 2.60. The van der Waals surface area contributed by atoms with E-state index in [2.05, 4.69) is 42.2 Å². The van der Waals surface area contributed by atoms with Gasteiger partial charge in [-0.2, -0.15) is 0 Å². The molecule has 0 saturated carbocycles. The number of hydrogen-bond acceptors (Lipinski definition) is 3. The Kier molecular flexibility index (Phi) is 4.70. The van der Waals surface area contributed by atoms with Crippen LogP contribution in [0, 0.1) is 0 Å². The van der Waals surface area contributed by atoms with Crippen molar-refractivity contribution in [3.63, 3.8) is 0 Å². The first-order valence-corrected chi connectivity index (χ1v) is 7.57. The molecule has 0 spiro atoms. The Bertz CT molecular complexity index is 712. The molecule has 1 aromatic heterocycles. The smallest absolute Gasteiger partial charge is 0.328 e. The summed E-state index contributed by atoms with van der Waals surface area (Å²) in [6.45, 7) is 1.31.